The third-order valence-corrected chi connectivity index (χ3v) is 4.43. The van der Waals surface area contributed by atoms with Crippen molar-refractivity contribution in [1.29, 1.82) is 0 Å². The van der Waals surface area contributed by atoms with Crippen molar-refractivity contribution in [3.8, 4) is 0 Å². The molecule has 134 valence electrons. The van der Waals surface area contributed by atoms with Crippen LogP contribution in [0.25, 0.3) is 0 Å². The second kappa shape index (κ2) is 10.3. The van der Waals surface area contributed by atoms with Gasteiger partial charge in [-0.05, 0) is 45.0 Å². The van der Waals surface area contributed by atoms with Crippen molar-refractivity contribution in [2.75, 3.05) is 18.9 Å². The summed E-state index contributed by atoms with van der Waals surface area (Å²) in [6, 6.07) is 7.34. The zero-order chi connectivity index (χ0) is 16.7. The molecule has 2 amide bonds. The van der Waals surface area contributed by atoms with Crippen molar-refractivity contribution in [1.82, 2.24) is 10.6 Å². The van der Waals surface area contributed by atoms with Crippen LogP contribution in [0, 0.1) is 5.92 Å². The van der Waals surface area contributed by atoms with E-state index >= 15 is 0 Å². The van der Waals surface area contributed by atoms with Crippen LogP contribution in [0.2, 0.25) is 0 Å². The Hall–Kier alpha value is -1.59. The quantitative estimate of drug-likeness (QED) is 0.736. The van der Waals surface area contributed by atoms with Gasteiger partial charge in [0.1, 0.15) is 0 Å². The Bertz CT molecular complexity index is 545. The van der Waals surface area contributed by atoms with E-state index in [-0.39, 0.29) is 36.2 Å². The molecule has 24 heavy (non-hydrogen) atoms. The highest BCUT2D eigenvalue weighted by atomic mass is 35.5. The van der Waals surface area contributed by atoms with Gasteiger partial charge in [0.25, 0.3) is 5.91 Å². The summed E-state index contributed by atoms with van der Waals surface area (Å²) in [7, 11) is 1.86. The van der Waals surface area contributed by atoms with Gasteiger partial charge in [-0.3, -0.25) is 9.59 Å². The molecule has 5 nitrogen and oxygen atoms in total. The van der Waals surface area contributed by atoms with Crippen molar-refractivity contribution < 1.29 is 9.59 Å². The molecule has 6 heteroatoms. The molecule has 1 unspecified atom stereocenters. The van der Waals surface area contributed by atoms with Gasteiger partial charge in [0.05, 0.1) is 0 Å². The van der Waals surface area contributed by atoms with Gasteiger partial charge in [-0.25, -0.2) is 0 Å². The molecule has 0 aromatic heterocycles. The summed E-state index contributed by atoms with van der Waals surface area (Å²) in [6.07, 6.45) is 5.42. The van der Waals surface area contributed by atoms with Crippen LogP contribution in [0.5, 0.6) is 0 Å². The second-order valence-corrected chi connectivity index (χ2v) is 6.30. The fraction of sp³-hybridized carbons (Fsp3) is 0.556. The summed E-state index contributed by atoms with van der Waals surface area (Å²) in [5.74, 6) is 0.0599. The molecule has 1 saturated carbocycles. The van der Waals surface area contributed by atoms with E-state index in [9.17, 15) is 9.59 Å². The Labute approximate surface area is 150 Å². The predicted molar refractivity (Wildman–Crippen MR) is 99.7 cm³/mol. The fourth-order valence-corrected chi connectivity index (χ4v) is 2.80. The van der Waals surface area contributed by atoms with E-state index in [1.165, 1.54) is 6.42 Å². The van der Waals surface area contributed by atoms with E-state index in [0.29, 0.717) is 17.8 Å². The van der Waals surface area contributed by atoms with Crippen LogP contribution in [0.3, 0.4) is 0 Å². The summed E-state index contributed by atoms with van der Waals surface area (Å²) >= 11 is 0. The summed E-state index contributed by atoms with van der Waals surface area (Å²) < 4.78 is 0. The Morgan fingerprint density at radius 1 is 1.21 bits per heavy atom. The molecule has 0 spiro atoms. The first-order chi connectivity index (χ1) is 11.1. The number of carbonyl (C=O) groups is 2. The van der Waals surface area contributed by atoms with Crippen LogP contribution in [-0.2, 0) is 4.79 Å². The molecule has 3 N–H and O–H groups in total. The molecule has 2 rings (SSSR count). The molecule has 0 bridgehead atoms. The molecule has 0 heterocycles. The number of likely N-dealkylation sites (N-methyl/N-ethyl adjacent to an activating group) is 1. The third-order valence-electron chi connectivity index (χ3n) is 4.43. The minimum Gasteiger partial charge on any atom is -0.350 e. The van der Waals surface area contributed by atoms with Crippen LogP contribution in [0.15, 0.2) is 24.3 Å². The van der Waals surface area contributed by atoms with Crippen LogP contribution >= 0.6 is 12.4 Å². The standard InChI is InChI=1S/C18H27N3O2.ClH/c1-13(19-2)12-20-17(22)15-9-6-10-16(11-15)21-18(23)14-7-4-3-5-8-14;/h6,9-11,13-14,19H,3-5,7-8,12H2,1-2H3,(H,20,22)(H,21,23);1H. The number of rotatable bonds is 6. The number of anilines is 1. The number of halogens is 1. The zero-order valence-electron chi connectivity index (χ0n) is 14.4. The van der Waals surface area contributed by atoms with Crippen molar-refractivity contribution in [3.63, 3.8) is 0 Å². The summed E-state index contributed by atoms with van der Waals surface area (Å²) in [5, 5.41) is 8.90. The summed E-state index contributed by atoms with van der Waals surface area (Å²) in [4.78, 5) is 24.4. The SMILES string of the molecule is CNC(C)CNC(=O)c1cccc(NC(=O)C2CCCCC2)c1.Cl. The number of nitrogens with one attached hydrogen (secondary N) is 3. The number of carbonyl (C=O) groups excluding carboxylic acids is 2. The van der Waals surface area contributed by atoms with Crippen molar-refractivity contribution in [2.24, 2.45) is 5.92 Å². The van der Waals surface area contributed by atoms with Gasteiger partial charge in [-0.2, -0.15) is 0 Å². The average Bonchev–Trinajstić information content (AvgIpc) is 2.60. The Morgan fingerprint density at radius 3 is 2.58 bits per heavy atom. The van der Waals surface area contributed by atoms with Crippen LogP contribution in [0.1, 0.15) is 49.4 Å². The maximum Gasteiger partial charge on any atom is 0.251 e. The Kier molecular flexibility index (Phi) is 8.79. The fourth-order valence-electron chi connectivity index (χ4n) is 2.80. The third kappa shape index (κ3) is 6.13. The summed E-state index contributed by atoms with van der Waals surface area (Å²) in [5.41, 5.74) is 1.25. The zero-order valence-corrected chi connectivity index (χ0v) is 15.2. The predicted octanol–water partition coefficient (Wildman–Crippen LogP) is 2.96. The van der Waals surface area contributed by atoms with Crippen molar-refractivity contribution >= 4 is 29.9 Å². The largest absolute Gasteiger partial charge is 0.350 e. The normalized spacial score (nSPS) is 15.9. The van der Waals surface area contributed by atoms with Crippen LogP contribution < -0.4 is 16.0 Å². The van der Waals surface area contributed by atoms with E-state index < -0.39 is 0 Å². The molecule has 1 aliphatic carbocycles. The van der Waals surface area contributed by atoms with E-state index in [2.05, 4.69) is 16.0 Å². The van der Waals surface area contributed by atoms with Gasteiger partial charge in [-0.1, -0.05) is 25.3 Å². The highest BCUT2D eigenvalue weighted by Crippen LogP contribution is 2.25. The molecule has 1 fully saturated rings. The Balaban J connectivity index is 0.00000288. The van der Waals surface area contributed by atoms with Gasteiger partial charge in [-0.15, -0.1) is 12.4 Å². The number of amides is 2. The van der Waals surface area contributed by atoms with Gasteiger partial charge in [0.15, 0.2) is 0 Å². The van der Waals surface area contributed by atoms with Gasteiger partial charge < -0.3 is 16.0 Å². The van der Waals surface area contributed by atoms with Crippen molar-refractivity contribution in [3.05, 3.63) is 29.8 Å². The first kappa shape index (κ1) is 20.5. The molecule has 1 aliphatic rings. The first-order valence-corrected chi connectivity index (χ1v) is 8.46. The molecule has 0 aliphatic heterocycles. The van der Waals surface area contributed by atoms with Gasteiger partial charge >= 0.3 is 0 Å². The first-order valence-electron chi connectivity index (χ1n) is 8.46. The average molecular weight is 354 g/mol. The lowest BCUT2D eigenvalue weighted by atomic mass is 9.88. The lowest BCUT2D eigenvalue weighted by Gasteiger charge is -2.20. The Morgan fingerprint density at radius 2 is 1.92 bits per heavy atom. The molecular formula is C18H28ClN3O2. The van der Waals surface area contributed by atoms with E-state index in [1.807, 2.05) is 20.0 Å². The van der Waals surface area contributed by atoms with Gasteiger partial charge in [0.2, 0.25) is 5.91 Å². The maximum absolute atomic E-state index is 12.3. The number of benzene rings is 1. The number of hydrogen-bond acceptors (Lipinski definition) is 3. The van der Waals surface area contributed by atoms with E-state index in [1.54, 1.807) is 18.2 Å². The van der Waals surface area contributed by atoms with E-state index in [4.69, 9.17) is 0 Å². The van der Waals surface area contributed by atoms with Crippen LogP contribution in [0.4, 0.5) is 5.69 Å². The minimum absolute atomic E-state index is 0. The highest BCUT2D eigenvalue weighted by Gasteiger charge is 2.21. The van der Waals surface area contributed by atoms with Gasteiger partial charge in [0, 0.05) is 29.8 Å². The van der Waals surface area contributed by atoms with E-state index in [0.717, 1.165) is 25.7 Å². The van der Waals surface area contributed by atoms with Crippen molar-refractivity contribution in [2.45, 2.75) is 45.1 Å². The minimum atomic E-state index is -0.124. The molecule has 1 atom stereocenters. The molecule has 1 aromatic carbocycles. The molecule has 0 radical (unpaired) electrons. The lowest BCUT2D eigenvalue weighted by Crippen LogP contribution is -2.37. The topological polar surface area (TPSA) is 70.2 Å². The molecular weight excluding hydrogens is 326 g/mol. The summed E-state index contributed by atoms with van der Waals surface area (Å²) in [6.45, 7) is 2.56. The highest BCUT2D eigenvalue weighted by molar-refractivity contribution is 5.97. The lowest BCUT2D eigenvalue weighted by molar-refractivity contribution is -0.120. The smallest absolute Gasteiger partial charge is 0.251 e. The monoisotopic (exact) mass is 353 g/mol. The second-order valence-electron chi connectivity index (χ2n) is 6.30. The molecule has 1 aromatic rings. The molecule has 0 saturated heterocycles. The number of hydrogen-bond donors (Lipinski definition) is 3. The maximum atomic E-state index is 12.3. The van der Waals surface area contributed by atoms with Crippen LogP contribution in [-0.4, -0.2) is 31.4 Å².